The maximum atomic E-state index is 13.0. The second-order valence-corrected chi connectivity index (χ2v) is 6.95. The van der Waals surface area contributed by atoms with Gasteiger partial charge in [-0.25, -0.2) is 4.39 Å². The van der Waals surface area contributed by atoms with Crippen LogP contribution in [0.25, 0.3) is 0 Å². The molecule has 0 aliphatic rings. The number of benzene rings is 2. The summed E-state index contributed by atoms with van der Waals surface area (Å²) < 4.78 is 13.6. The first-order valence-electron chi connectivity index (χ1n) is 6.18. The lowest BCUT2D eigenvalue weighted by Gasteiger charge is -2.07. The molecule has 1 N–H and O–H groups in total. The Kier molecular flexibility index (Phi) is 6.32. The molecule has 2 rings (SSSR count). The van der Waals surface area contributed by atoms with Crippen molar-refractivity contribution in [3.05, 3.63) is 62.4 Å². The number of amides is 1. The van der Waals surface area contributed by atoms with Gasteiger partial charge in [0.05, 0.1) is 5.56 Å². The molecule has 0 unspecified atom stereocenters. The smallest absolute Gasteiger partial charge is 0.252 e. The van der Waals surface area contributed by atoms with Gasteiger partial charge in [0.15, 0.2) is 0 Å². The molecule has 21 heavy (non-hydrogen) atoms. The van der Waals surface area contributed by atoms with Crippen molar-refractivity contribution in [2.75, 3.05) is 12.3 Å². The van der Waals surface area contributed by atoms with Gasteiger partial charge < -0.3 is 5.32 Å². The molecule has 110 valence electrons. The normalized spacial score (nSPS) is 10.4. The highest BCUT2D eigenvalue weighted by atomic mass is 127. The highest BCUT2D eigenvalue weighted by Crippen LogP contribution is 2.19. The monoisotopic (exact) mass is 435 g/mol. The molecule has 0 radical (unpaired) electrons. The van der Waals surface area contributed by atoms with E-state index in [9.17, 15) is 9.18 Å². The largest absolute Gasteiger partial charge is 0.351 e. The SMILES string of the molecule is O=C(NCCSc1ccc(Cl)cc1)c1ccc(F)cc1I. The Labute approximate surface area is 145 Å². The summed E-state index contributed by atoms with van der Waals surface area (Å²) in [7, 11) is 0. The Bertz CT molecular complexity index is 636. The van der Waals surface area contributed by atoms with Crippen molar-refractivity contribution in [3.63, 3.8) is 0 Å². The van der Waals surface area contributed by atoms with Crippen molar-refractivity contribution >= 4 is 51.9 Å². The van der Waals surface area contributed by atoms with Gasteiger partial charge in [-0.1, -0.05) is 11.6 Å². The summed E-state index contributed by atoms with van der Waals surface area (Å²) in [5, 5.41) is 3.53. The van der Waals surface area contributed by atoms with Crippen LogP contribution in [-0.2, 0) is 0 Å². The van der Waals surface area contributed by atoms with Crippen LogP contribution >= 0.6 is 46.0 Å². The van der Waals surface area contributed by atoms with Gasteiger partial charge in [-0.2, -0.15) is 0 Å². The Hall–Kier alpha value is -0.790. The molecule has 0 aromatic heterocycles. The number of thioether (sulfide) groups is 1. The summed E-state index contributed by atoms with van der Waals surface area (Å²) in [5.74, 6) is 0.232. The molecule has 0 fully saturated rings. The minimum atomic E-state index is -0.339. The van der Waals surface area contributed by atoms with Crippen LogP contribution in [0.1, 0.15) is 10.4 Å². The average Bonchev–Trinajstić information content (AvgIpc) is 2.45. The van der Waals surface area contributed by atoms with Crippen molar-refractivity contribution in [2.24, 2.45) is 0 Å². The molecule has 0 atom stereocenters. The highest BCUT2D eigenvalue weighted by Gasteiger charge is 2.09. The lowest BCUT2D eigenvalue weighted by molar-refractivity contribution is 0.0955. The van der Waals surface area contributed by atoms with Crippen LogP contribution in [0.2, 0.25) is 5.02 Å². The van der Waals surface area contributed by atoms with Gasteiger partial charge >= 0.3 is 0 Å². The molecule has 0 bridgehead atoms. The molecule has 0 aliphatic carbocycles. The second kappa shape index (κ2) is 8.00. The average molecular weight is 436 g/mol. The van der Waals surface area contributed by atoms with E-state index < -0.39 is 0 Å². The number of carbonyl (C=O) groups is 1. The third kappa shape index (κ3) is 5.16. The number of nitrogens with one attached hydrogen (secondary N) is 1. The second-order valence-electron chi connectivity index (χ2n) is 4.18. The third-order valence-corrected chi connectivity index (χ3v) is 4.80. The molecule has 6 heteroatoms. The summed E-state index contributed by atoms with van der Waals surface area (Å²) in [5.41, 5.74) is 0.494. The van der Waals surface area contributed by atoms with Gasteiger partial charge in [0.1, 0.15) is 5.82 Å². The van der Waals surface area contributed by atoms with E-state index in [1.165, 1.54) is 18.2 Å². The van der Waals surface area contributed by atoms with Crippen molar-refractivity contribution in [1.29, 1.82) is 0 Å². The van der Waals surface area contributed by atoms with E-state index in [1.807, 2.05) is 46.9 Å². The topological polar surface area (TPSA) is 29.1 Å². The van der Waals surface area contributed by atoms with E-state index >= 15 is 0 Å². The van der Waals surface area contributed by atoms with E-state index in [2.05, 4.69) is 5.32 Å². The van der Waals surface area contributed by atoms with E-state index in [4.69, 9.17) is 11.6 Å². The number of hydrogen-bond acceptors (Lipinski definition) is 2. The summed E-state index contributed by atoms with van der Waals surface area (Å²) in [6, 6.07) is 11.7. The number of carbonyl (C=O) groups excluding carboxylic acids is 1. The molecule has 2 nitrogen and oxygen atoms in total. The van der Waals surface area contributed by atoms with E-state index in [-0.39, 0.29) is 11.7 Å². The van der Waals surface area contributed by atoms with Crippen molar-refractivity contribution in [3.8, 4) is 0 Å². The van der Waals surface area contributed by atoms with Crippen LogP contribution in [-0.4, -0.2) is 18.2 Å². The van der Waals surface area contributed by atoms with Gasteiger partial charge in [-0.15, -0.1) is 11.8 Å². The van der Waals surface area contributed by atoms with Crippen molar-refractivity contribution < 1.29 is 9.18 Å². The van der Waals surface area contributed by atoms with Crippen LogP contribution in [0.3, 0.4) is 0 Å². The van der Waals surface area contributed by atoms with Crippen LogP contribution in [0, 0.1) is 9.39 Å². The van der Waals surface area contributed by atoms with Crippen LogP contribution in [0.15, 0.2) is 47.4 Å². The third-order valence-electron chi connectivity index (χ3n) is 2.65. The quantitative estimate of drug-likeness (QED) is 0.422. The fourth-order valence-electron chi connectivity index (χ4n) is 1.63. The molecule has 2 aromatic rings. The Morgan fingerprint density at radius 1 is 1.24 bits per heavy atom. The molecule has 0 aliphatic heterocycles. The molecule has 0 heterocycles. The van der Waals surface area contributed by atoms with E-state index in [0.717, 1.165) is 10.6 Å². The first kappa shape index (κ1) is 16.6. The number of halogens is 3. The van der Waals surface area contributed by atoms with Gasteiger partial charge in [0.2, 0.25) is 0 Å². The van der Waals surface area contributed by atoms with Crippen LogP contribution in [0.4, 0.5) is 4.39 Å². The zero-order valence-electron chi connectivity index (χ0n) is 10.9. The molecule has 2 aromatic carbocycles. The minimum absolute atomic E-state index is 0.184. The lowest BCUT2D eigenvalue weighted by Crippen LogP contribution is -2.26. The van der Waals surface area contributed by atoms with Gasteiger partial charge in [-0.05, 0) is 65.1 Å². The first-order chi connectivity index (χ1) is 10.1. The summed E-state index contributed by atoms with van der Waals surface area (Å²) in [6.07, 6.45) is 0. The van der Waals surface area contributed by atoms with Gasteiger partial charge in [-0.3, -0.25) is 4.79 Å². The van der Waals surface area contributed by atoms with Crippen molar-refractivity contribution in [2.45, 2.75) is 4.90 Å². The van der Waals surface area contributed by atoms with E-state index in [1.54, 1.807) is 11.8 Å². The molecule has 0 saturated carbocycles. The van der Waals surface area contributed by atoms with Gasteiger partial charge in [0.25, 0.3) is 5.91 Å². The summed E-state index contributed by atoms with van der Waals surface area (Å²) in [6.45, 7) is 0.541. The minimum Gasteiger partial charge on any atom is -0.351 e. The zero-order chi connectivity index (χ0) is 15.2. The lowest BCUT2D eigenvalue weighted by atomic mass is 10.2. The molecule has 0 spiro atoms. The first-order valence-corrected chi connectivity index (χ1v) is 8.62. The maximum absolute atomic E-state index is 13.0. The fourth-order valence-corrected chi connectivity index (χ4v) is 3.25. The number of rotatable bonds is 5. The Morgan fingerprint density at radius 3 is 2.62 bits per heavy atom. The molecule has 1 amide bonds. The van der Waals surface area contributed by atoms with E-state index in [0.29, 0.717) is 20.7 Å². The maximum Gasteiger partial charge on any atom is 0.252 e. The Balaban J connectivity index is 1.80. The number of hydrogen-bond donors (Lipinski definition) is 1. The predicted octanol–water partition coefficient (Wildman–Crippen LogP) is 4.61. The summed E-state index contributed by atoms with van der Waals surface area (Å²) >= 11 is 9.41. The summed E-state index contributed by atoms with van der Waals surface area (Å²) in [4.78, 5) is 13.1. The predicted molar refractivity (Wildman–Crippen MR) is 93.6 cm³/mol. The zero-order valence-corrected chi connectivity index (χ0v) is 14.6. The molecule has 0 saturated heterocycles. The van der Waals surface area contributed by atoms with Crippen LogP contribution in [0.5, 0.6) is 0 Å². The van der Waals surface area contributed by atoms with Crippen LogP contribution < -0.4 is 5.32 Å². The molecular weight excluding hydrogens is 424 g/mol. The Morgan fingerprint density at radius 2 is 1.95 bits per heavy atom. The molecular formula is C15H12ClFINOS. The van der Waals surface area contributed by atoms with Crippen molar-refractivity contribution in [1.82, 2.24) is 5.32 Å². The fraction of sp³-hybridized carbons (Fsp3) is 0.133. The highest BCUT2D eigenvalue weighted by molar-refractivity contribution is 14.1. The van der Waals surface area contributed by atoms with Gasteiger partial charge in [0, 0.05) is 25.8 Å². The standard InChI is InChI=1S/C15H12ClFINOS/c16-10-1-4-12(5-2-10)21-8-7-19-15(20)13-6-3-11(17)9-14(13)18/h1-6,9H,7-8H2,(H,19,20).